The molecule has 2 N–H and O–H groups in total. The number of ether oxygens (including phenoxy) is 2. The summed E-state index contributed by atoms with van der Waals surface area (Å²) in [5.41, 5.74) is 9.07. The first-order valence-electron chi connectivity index (χ1n) is 10.3. The second-order valence-electron chi connectivity index (χ2n) is 7.95. The van der Waals surface area contributed by atoms with Crippen LogP contribution in [0.2, 0.25) is 0 Å². The highest BCUT2D eigenvalue weighted by molar-refractivity contribution is 7.21. The molecule has 31 heavy (non-hydrogen) atoms. The SMILES string of the molecule is COc1ccc2c(CN3CCO[C@@H](c4c(C(N)=O)sc5ccccc45)C3)cn(C)c2c1. The number of nitrogens with zero attached hydrogens (tertiary/aromatic N) is 2. The Morgan fingerprint density at radius 3 is 2.90 bits per heavy atom. The van der Waals surface area contributed by atoms with Gasteiger partial charge in [0.2, 0.25) is 0 Å². The lowest BCUT2D eigenvalue weighted by Gasteiger charge is -2.33. The largest absolute Gasteiger partial charge is 0.497 e. The van der Waals surface area contributed by atoms with E-state index in [-0.39, 0.29) is 12.0 Å². The first kappa shape index (κ1) is 20.1. The lowest BCUT2D eigenvalue weighted by Crippen LogP contribution is -2.38. The maximum absolute atomic E-state index is 12.2. The number of hydrogen-bond acceptors (Lipinski definition) is 5. The Kier molecular flexibility index (Phi) is 5.17. The zero-order valence-electron chi connectivity index (χ0n) is 17.6. The van der Waals surface area contributed by atoms with Crippen molar-refractivity contribution in [2.75, 3.05) is 26.8 Å². The number of benzene rings is 2. The van der Waals surface area contributed by atoms with Crippen LogP contribution in [-0.2, 0) is 18.3 Å². The molecular formula is C24H25N3O3S. The quantitative estimate of drug-likeness (QED) is 0.513. The van der Waals surface area contributed by atoms with E-state index in [9.17, 15) is 4.79 Å². The van der Waals surface area contributed by atoms with Crippen molar-refractivity contribution in [3.63, 3.8) is 0 Å². The van der Waals surface area contributed by atoms with E-state index < -0.39 is 0 Å². The number of carbonyl (C=O) groups is 1. The van der Waals surface area contributed by atoms with Gasteiger partial charge < -0.3 is 19.8 Å². The molecule has 3 heterocycles. The van der Waals surface area contributed by atoms with Crippen molar-refractivity contribution >= 4 is 38.2 Å². The molecule has 2 aromatic heterocycles. The molecule has 0 radical (unpaired) electrons. The molecule has 7 heteroatoms. The van der Waals surface area contributed by atoms with Crippen LogP contribution in [0.5, 0.6) is 5.75 Å². The topological polar surface area (TPSA) is 69.7 Å². The van der Waals surface area contributed by atoms with Gasteiger partial charge in [0.15, 0.2) is 0 Å². The Labute approximate surface area is 184 Å². The predicted octanol–water partition coefficient (Wildman–Crippen LogP) is 4.07. The number of methoxy groups -OCH3 is 1. The summed E-state index contributed by atoms with van der Waals surface area (Å²) in [7, 11) is 3.75. The number of primary amides is 1. The Bertz CT molecular complexity index is 1280. The molecule has 0 unspecified atom stereocenters. The summed E-state index contributed by atoms with van der Waals surface area (Å²) >= 11 is 1.45. The molecule has 5 rings (SSSR count). The third-order valence-electron chi connectivity index (χ3n) is 6.00. The van der Waals surface area contributed by atoms with E-state index >= 15 is 0 Å². The van der Waals surface area contributed by atoms with Gasteiger partial charge in [0.05, 0.1) is 30.2 Å². The minimum absolute atomic E-state index is 0.178. The van der Waals surface area contributed by atoms with Crippen LogP contribution in [-0.4, -0.2) is 42.2 Å². The molecule has 6 nitrogen and oxygen atoms in total. The van der Waals surface area contributed by atoms with Crippen molar-refractivity contribution in [1.29, 1.82) is 0 Å². The smallest absolute Gasteiger partial charge is 0.259 e. The van der Waals surface area contributed by atoms with Crippen molar-refractivity contribution in [2.24, 2.45) is 12.8 Å². The number of aryl methyl sites for hydroxylation is 1. The van der Waals surface area contributed by atoms with E-state index in [1.54, 1.807) is 7.11 Å². The van der Waals surface area contributed by atoms with Gasteiger partial charge in [-0.05, 0) is 29.1 Å². The van der Waals surface area contributed by atoms with Gasteiger partial charge in [-0.15, -0.1) is 11.3 Å². The molecule has 160 valence electrons. The summed E-state index contributed by atoms with van der Waals surface area (Å²) in [5, 5.41) is 2.29. The fourth-order valence-corrected chi connectivity index (χ4v) is 5.64. The highest BCUT2D eigenvalue weighted by atomic mass is 32.1. The monoisotopic (exact) mass is 435 g/mol. The molecule has 1 amide bonds. The lowest BCUT2D eigenvalue weighted by atomic mass is 10.0. The Morgan fingerprint density at radius 1 is 1.26 bits per heavy atom. The second kappa shape index (κ2) is 8.00. The maximum Gasteiger partial charge on any atom is 0.259 e. The molecule has 1 saturated heterocycles. The van der Waals surface area contributed by atoms with Crippen LogP contribution in [0.15, 0.2) is 48.7 Å². The van der Waals surface area contributed by atoms with Crippen LogP contribution in [0.3, 0.4) is 0 Å². The minimum atomic E-state index is -0.389. The normalized spacial score (nSPS) is 17.4. The van der Waals surface area contributed by atoms with E-state index in [4.69, 9.17) is 15.2 Å². The number of carbonyl (C=O) groups excluding carboxylic acids is 1. The molecule has 2 aromatic carbocycles. The van der Waals surface area contributed by atoms with E-state index in [1.807, 2.05) is 30.3 Å². The number of fused-ring (bicyclic) bond motifs is 2. The van der Waals surface area contributed by atoms with Crippen LogP contribution < -0.4 is 10.5 Å². The average molecular weight is 436 g/mol. The van der Waals surface area contributed by atoms with Crippen molar-refractivity contribution in [3.8, 4) is 5.75 Å². The van der Waals surface area contributed by atoms with Gasteiger partial charge in [0.1, 0.15) is 5.75 Å². The van der Waals surface area contributed by atoms with Crippen molar-refractivity contribution in [3.05, 3.63) is 64.7 Å². The van der Waals surface area contributed by atoms with Gasteiger partial charge in [-0.2, -0.15) is 0 Å². The molecule has 4 aromatic rings. The van der Waals surface area contributed by atoms with Gasteiger partial charge in [-0.25, -0.2) is 0 Å². The Morgan fingerprint density at radius 2 is 2.10 bits per heavy atom. The standard InChI is InChI=1S/C24H25N3O3S/c1-26-12-15(17-8-7-16(29-2)11-19(17)26)13-27-9-10-30-20(14-27)22-18-5-3-4-6-21(18)31-23(22)24(25)28/h3-8,11-12,20H,9-10,13-14H2,1-2H3,(H2,25,28)/t20-/m1/s1. The van der Waals surface area contributed by atoms with E-state index in [0.717, 1.165) is 40.0 Å². The molecular weight excluding hydrogens is 410 g/mol. The number of nitrogens with two attached hydrogens (primary N) is 1. The van der Waals surface area contributed by atoms with Gasteiger partial charge in [-0.1, -0.05) is 18.2 Å². The molecule has 1 aliphatic heterocycles. The Balaban J connectivity index is 1.45. The zero-order valence-corrected chi connectivity index (χ0v) is 18.4. The highest BCUT2D eigenvalue weighted by Crippen LogP contribution is 2.38. The number of hydrogen-bond donors (Lipinski definition) is 1. The number of aromatic nitrogens is 1. The molecule has 0 saturated carbocycles. The van der Waals surface area contributed by atoms with Crippen LogP contribution in [0.1, 0.15) is 26.9 Å². The van der Waals surface area contributed by atoms with E-state index in [2.05, 4.69) is 34.8 Å². The second-order valence-corrected chi connectivity index (χ2v) is 9.00. The summed E-state index contributed by atoms with van der Waals surface area (Å²) in [6.07, 6.45) is 2.01. The van der Waals surface area contributed by atoms with Crippen LogP contribution >= 0.6 is 11.3 Å². The third-order valence-corrected chi connectivity index (χ3v) is 7.21. The molecule has 0 spiro atoms. The van der Waals surface area contributed by atoms with E-state index in [0.29, 0.717) is 18.0 Å². The van der Waals surface area contributed by atoms with Gasteiger partial charge in [-0.3, -0.25) is 9.69 Å². The molecule has 1 fully saturated rings. The fraction of sp³-hybridized carbons (Fsp3) is 0.292. The highest BCUT2D eigenvalue weighted by Gasteiger charge is 2.29. The lowest BCUT2D eigenvalue weighted by molar-refractivity contribution is -0.0321. The van der Waals surface area contributed by atoms with Crippen LogP contribution in [0.25, 0.3) is 21.0 Å². The van der Waals surface area contributed by atoms with E-state index in [1.165, 1.54) is 22.3 Å². The molecule has 0 aliphatic carbocycles. The van der Waals surface area contributed by atoms with Crippen molar-refractivity contribution < 1.29 is 14.3 Å². The summed E-state index contributed by atoms with van der Waals surface area (Å²) in [6, 6.07) is 14.3. The summed E-state index contributed by atoms with van der Waals surface area (Å²) in [4.78, 5) is 15.2. The molecule has 0 bridgehead atoms. The fourth-order valence-electron chi connectivity index (χ4n) is 4.53. The molecule has 1 aliphatic rings. The number of morpholine rings is 1. The number of rotatable bonds is 5. The van der Waals surface area contributed by atoms with Crippen LogP contribution in [0.4, 0.5) is 0 Å². The third kappa shape index (κ3) is 3.59. The first-order valence-corrected chi connectivity index (χ1v) is 11.1. The molecule has 1 atom stereocenters. The predicted molar refractivity (Wildman–Crippen MR) is 124 cm³/mol. The summed E-state index contributed by atoms with van der Waals surface area (Å²) < 4.78 is 14.7. The van der Waals surface area contributed by atoms with Crippen molar-refractivity contribution in [1.82, 2.24) is 9.47 Å². The minimum Gasteiger partial charge on any atom is -0.497 e. The number of amides is 1. The maximum atomic E-state index is 12.2. The average Bonchev–Trinajstić information content (AvgIpc) is 3.32. The zero-order chi connectivity index (χ0) is 21.5. The van der Waals surface area contributed by atoms with Gasteiger partial charge >= 0.3 is 0 Å². The van der Waals surface area contributed by atoms with Crippen molar-refractivity contribution in [2.45, 2.75) is 12.6 Å². The van der Waals surface area contributed by atoms with Crippen LogP contribution in [0, 0.1) is 0 Å². The summed E-state index contributed by atoms with van der Waals surface area (Å²) in [6.45, 7) is 2.99. The first-order chi connectivity index (χ1) is 15.0. The Hall–Kier alpha value is -2.87. The van der Waals surface area contributed by atoms with Gasteiger partial charge in [0.25, 0.3) is 5.91 Å². The van der Waals surface area contributed by atoms with Gasteiger partial charge in [0, 0.05) is 54.6 Å². The number of thiophene rings is 1. The summed E-state index contributed by atoms with van der Waals surface area (Å²) in [5.74, 6) is 0.468.